The lowest BCUT2D eigenvalue weighted by Crippen LogP contribution is -2.12. The third kappa shape index (κ3) is 2.09. The molecule has 0 N–H and O–H groups in total. The van der Waals surface area contributed by atoms with E-state index in [4.69, 9.17) is 11.6 Å². The molecule has 0 fully saturated rings. The van der Waals surface area contributed by atoms with Crippen LogP contribution in [0.1, 0.15) is 11.3 Å². The van der Waals surface area contributed by atoms with Crippen LogP contribution in [-0.2, 0) is 12.1 Å². The Balaban J connectivity index is 3.29. The number of pyridine rings is 1. The zero-order valence-electron chi connectivity index (χ0n) is 6.20. The summed E-state index contributed by atoms with van der Waals surface area (Å²) in [5.41, 5.74) is -1.88. The summed E-state index contributed by atoms with van der Waals surface area (Å²) in [5, 5.41) is 0. The first-order valence-corrected chi connectivity index (χ1v) is 3.77. The van der Waals surface area contributed by atoms with Crippen LogP contribution in [0.2, 0.25) is 0 Å². The van der Waals surface area contributed by atoms with Crippen molar-refractivity contribution in [2.45, 2.75) is 12.1 Å². The van der Waals surface area contributed by atoms with Gasteiger partial charge in [-0.1, -0.05) is 0 Å². The molecule has 1 nitrogen and oxygen atoms in total. The standard InChI is InChI=1S/C7H4ClF4N/c8-3-4-5(9)1-2-13-6(4)7(10,11)12/h1-2H,3H2. The maximum atomic E-state index is 12.8. The summed E-state index contributed by atoms with van der Waals surface area (Å²) in [5.74, 6) is -1.54. The smallest absolute Gasteiger partial charge is 0.251 e. The van der Waals surface area contributed by atoms with Gasteiger partial charge in [-0.2, -0.15) is 13.2 Å². The molecule has 1 rings (SSSR count). The summed E-state index contributed by atoms with van der Waals surface area (Å²) in [4.78, 5) is 3.03. The van der Waals surface area contributed by atoms with Gasteiger partial charge in [0, 0.05) is 11.8 Å². The Morgan fingerprint density at radius 1 is 1.38 bits per heavy atom. The van der Waals surface area contributed by atoms with Crippen molar-refractivity contribution < 1.29 is 17.6 Å². The second-order valence-corrected chi connectivity index (χ2v) is 2.52. The number of nitrogens with zero attached hydrogens (tertiary/aromatic N) is 1. The highest BCUT2D eigenvalue weighted by atomic mass is 35.5. The molecule has 72 valence electrons. The van der Waals surface area contributed by atoms with E-state index in [0.717, 1.165) is 12.3 Å². The van der Waals surface area contributed by atoms with Gasteiger partial charge in [0.25, 0.3) is 0 Å². The minimum absolute atomic E-state index is 0.547. The first kappa shape index (κ1) is 10.2. The molecule has 0 atom stereocenters. The summed E-state index contributed by atoms with van der Waals surface area (Å²) in [6.07, 6.45) is -3.90. The van der Waals surface area contributed by atoms with Crippen molar-refractivity contribution >= 4 is 11.6 Å². The van der Waals surface area contributed by atoms with E-state index < -0.39 is 29.1 Å². The highest BCUT2D eigenvalue weighted by Gasteiger charge is 2.36. The number of halogens is 5. The summed E-state index contributed by atoms with van der Waals surface area (Å²) in [6.45, 7) is 0. The van der Waals surface area contributed by atoms with Crippen LogP contribution in [0.4, 0.5) is 17.6 Å². The van der Waals surface area contributed by atoms with E-state index in [1.54, 1.807) is 0 Å². The fraction of sp³-hybridized carbons (Fsp3) is 0.286. The lowest BCUT2D eigenvalue weighted by atomic mass is 10.2. The number of hydrogen-bond donors (Lipinski definition) is 0. The largest absolute Gasteiger partial charge is 0.433 e. The van der Waals surface area contributed by atoms with Gasteiger partial charge in [0.1, 0.15) is 5.82 Å². The average molecular weight is 214 g/mol. The van der Waals surface area contributed by atoms with Crippen LogP contribution < -0.4 is 0 Å². The maximum absolute atomic E-state index is 12.8. The monoisotopic (exact) mass is 213 g/mol. The minimum Gasteiger partial charge on any atom is -0.251 e. The Morgan fingerprint density at radius 3 is 2.38 bits per heavy atom. The van der Waals surface area contributed by atoms with Gasteiger partial charge in [-0.3, -0.25) is 4.98 Å². The summed E-state index contributed by atoms with van der Waals surface area (Å²) in [7, 11) is 0. The molecule has 0 saturated carbocycles. The topological polar surface area (TPSA) is 12.9 Å². The Morgan fingerprint density at radius 2 is 2.00 bits per heavy atom. The van der Waals surface area contributed by atoms with Crippen molar-refractivity contribution in [2.24, 2.45) is 0 Å². The lowest BCUT2D eigenvalue weighted by molar-refractivity contribution is -0.141. The quantitative estimate of drug-likeness (QED) is 0.516. The molecule has 0 radical (unpaired) electrons. The fourth-order valence-electron chi connectivity index (χ4n) is 0.840. The Hall–Kier alpha value is -0.840. The Bertz CT molecular complexity index is 310. The Kier molecular flexibility index (Phi) is 2.75. The van der Waals surface area contributed by atoms with Crippen molar-refractivity contribution in [2.75, 3.05) is 0 Å². The van der Waals surface area contributed by atoms with Crippen LogP contribution in [-0.4, -0.2) is 4.98 Å². The van der Waals surface area contributed by atoms with E-state index in [1.807, 2.05) is 0 Å². The molecule has 1 aromatic heterocycles. The van der Waals surface area contributed by atoms with E-state index >= 15 is 0 Å². The molecule has 0 saturated heterocycles. The summed E-state index contributed by atoms with van der Waals surface area (Å²) in [6, 6.07) is 0.840. The van der Waals surface area contributed by atoms with Crippen molar-refractivity contribution in [1.82, 2.24) is 4.98 Å². The number of hydrogen-bond acceptors (Lipinski definition) is 1. The predicted molar refractivity (Wildman–Crippen MR) is 38.8 cm³/mol. The second-order valence-electron chi connectivity index (χ2n) is 2.25. The molecule has 0 bridgehead atoms. The lowest BCUT2D eigenvalue weighted by Gasteiger charge is -2.09. The van der Waals surface area contributed by atoms with Crippen LogP contribution in [0.3, 0.4) is 0 Å². The van der Waals surface area contributed by atoms with Crippen LogP contribution in [0, 0.1) is 5.82 Å². The van der Waals surface area contributed by atoms with Gasteiger partial charge in [-0.15, -0.1) is 11.6 Å². The van der Waals surface area contributed by atoms with Crippen LogP contribution in [0.25, 0.3) is 0 Å². The zero-order valence-corrected chi connectivity index (χ0v) is 6.95. The normalized spacial score (nSPS) is 11.8. The molecular formula is C7H4ClF4N. The first-order chi connectivity index (χ1) is 5.96. The molecule has 0 spiro atoms. The minimum atomic E-state index is -4.66. The van der Waals surface area contributed by atoms with E-state index in [-0.39, 0.29) is 0 Å². The van der Waals surface area contributed by atoms with E-state index in [1.165, 1.54) is 0 Å². The van der Waals surface area contributed by atoms with Crippen molar-refractivity contribution in [3.63, 3.8) is 0 Å². The number of alkyl halides is 4. The summed E-state index contributed by atoms with van der Waals surface area (Å²) >= 11 is 5.16. The van der Waals surface area contributed by atoms with Gasteiger partial charge in [0.05, 0.1) is 5.88 Å². The molecule has 0 aliphatic carbocycles. The summed E-state index contributed by atoms with van der Waals surface area (Å²) < 4.78 is 49.1. The van der Waals surface area contributed by atoms with Crippen LogP contribution in [0.15, 0.2) is 12.3 Å². The van der Waals surface area contributed by atoms with Gasteiger partial charge < -0.3 is 0 Å². The molecule has 0 aliphatic heterocycles. The third-order valence-corrected chi connectivity index (χ3v) is 1.67. The molecule has 1 heterocycles. The zero-order chi connectivity index (χ0) is 10.1. The molecular weight excluding hydrogens is 210 g/mol. The van der Waals surface area contributed by atoms with Crippen molar-refractivity contribution in [1.29, 1.82) is 0 Å². The predicted octanol–water partition coefficient (Wildman–Crippen LogP) is 2.98. The number of rotatable bonds is 1. The van der Waals surface area contributed by atoms with E-state index in [0.29, 0.717) is 0 Å². The first-order valence-electron chi connectivity index (χ1n) is 3.23. The SMILES string of the molecule is Fc1ccnc(C(F)(F)F)c1CCl. The molecule has 6 heteroatoms. The fourth-order valence-corrected chi connectivity index (χ4v) is 1.09. The highest BCUT2D eigenvalue weighted by Crippen LogP contribution is 2.31. The van der Waals surface area contributed by atoms with Gasteiger partial charge in [0.2, 0.25) is 0 Å². The van der Waals surface area contributed by atoms with Crippen LogP contribution >= 0.6 is 11.6 Å². The number of aromatic nitrogens is 1. The van der Waals surface area contributed by atoms with Gasteiger partial charge in [-0.05, 0) is 6.07 Å². The van der Waals surface area contributed by atoms with Gasteiger partial charge in [-0.25, -0.2) is 4.39 Å². The second kappa shape index (κ2) is 3.49. The molecule has 1 aromatic rings. The highest BCUT2D eigenvalue weighted by molar-refractivity contribution is 6.17. The van der Waals surface area contributed by atoms with Crippen molar-refractivity contribution in [3.8, 4) is 0 Å². The maximum Gasteiger partial charge on any atom is 0.433 e. The molecule has 13 heavy (non-hydrogen) atoms. The molecule has 0 amide bonds. The molecule has 0 unspecified atom stereocenters. The van der Waals surface area contributed by atoms with Gasteiger partial charge in [0.15, 0.2) is 5.69 Å². The average Bonchev–Trinajstić information content (AvgIpc) is 2.02. The third-order valence-electron chi connectivity index (χ3n) is 1.40. The Labute approximate surface area is 76.3 Å². The van der Waals surface area contributed by atoms with Crippen molar-refractivity contribution in [3.05, 3.63) is 29.3 Å². The van der Waals surface area contributed by atoms with E-state index in [9.17, 15) is 17.6 Å². The molecule has 0 aromatic carbocycles. The molecule has 0 aliphatic rings. The van der Waals surface area contributed by atoms with Gasteiger partial charge >= 0.3 is 6.18 Å². The van der Waals surface area contributed by atoms with E-state index in [2.05, 4.69) is 4.98 Å². The van der Waals surface area contributed by atoms with Crippen LogP contribution in [0.5, 0.6) is 0 Å².